The number of aryl methyl sites for hydroxylation is 1. The van der Waals surface area contributed by atoms with Crippen molar-refractivity contribution >= 4 is 11.6 Å². The minimum Gasteiger partial charge on any atom is -0.487 e. The van der Waals surface area contributed by atoms with Crippen LogP contribution in [0, 0.1) is 5.92 Å². The van der Waals surface area contributed by atoms with Crippen molar-refractivity contribution in [1.29, 1.82) is 0 Å². The first-order valence-corrected chi connectivity index (χ1v) is 7.52. The molecule has 0 amide bonds. The van der Waals surface area contributed by atoms with Gasteiger partial charge in [0.15, 0.2) is 0 Å². The van der Waals surface area contributed by atoms with Gasteiger partial charge in [-0.1, -0.05) is 31.5 Å². The number of nitrogens with one attached hydrogen (secondary N) is 1. The molecule has 1 aromatic carbocycles. The summed E-state index contributed by atoms with van der Waals surface area (Å²) in [4.78, 5) is 4.09. The van der Waals surface area contributed by atoms with Gasteiger partial charge in [-0.3, -0.25) is 0 Å². The number of hydrogen-bond donors (Lipinski definition) is 1. The SMILES string of the molecule is CC(C)CNCc1c(Cl)cccc1OCc1cncn1C. The lowest BCUT2D eigenvalue weighted by Gasteiger charge is -2.14. The topological polar surface area (TPSA) is 39.1 Å². The maximum atomic E-state index is 6.30. The number of nitrogens with zero attached hydrogens (tertiary/aromatic N) is 2. The lowest BCUT2D eigenvalue weighted by molar-refractivity contribution is 0.293. The van der Waals surface area contributed by atoms with Crippen LogP contribution in [0.3, 0.4) is 0 Å². The molecule has 2 rings (SSSR count). The van der Waals surface area contributed by atoms with Gasteiger partial charge >= 0.3 is 0 Å². The summed E-state index contributed by atoms with van der Waals surface area (Å²) < 4.78 is 7.86. The van der Waals surface area contributed by atoms with Crippen molar-refractivity contribution in [2.75, 3.05) is 6.54 Å². The van der Waals surface area contributed by atoms with Crippen molar-refractivity contribution in [3.63, 3.8) is 0 Å². The van der Waals surface area contributed by atoms with Gasteiger partial charge in [0.2, 0.25) is 0 Å². The first-order valence-electron chi connectivity index (χ1n) is 7.14. The number of halogens is 1. The molecule has 21 heavy (non-hydrogen) atoms. The van der Waals surface area contributed by atoms with Crippen LogP contribution in [-0.2, 0) is 20.2 Å². The summed E-state index contributed by atoms with van der Waals surface area (Å²) in [6.07, 6.45) is 3.57. The summed E-state index contributed by atoms with van der Waals surface area (Å²) in [6.45, 7) is 6.50. The first-order chi connectivity index (χ1) is 10.1. The molecule has 0 aliphatic rings. The lowest BCUT2D eigenvalue weighted by Crippen LogP contribution is -2.19. The summed E-state index contributed by atoms with van der Waals surface area (Å²) in [5.41, 5.74) is 2.03. The zero-order chi connectivity index (χ0) is 15.2. The molecular formula is C16H22ClN3O. The third-order valence-corrected chi connectivity index (χ3v) is 3.58. The largest absolute Gasteiger partial charge is 0.487 e. The highest BCUT2D eigenvalue weighted by molar-refractivity contribution is 6.31. The van der Waals surface area contributed by atoms with Crippen LogP contribution in [-0.4, -0.2) is 16.1 Å². The van der Waals surface area contributed by atoms with Crippen LogP contribution in [0.5, 0.6) is 5.75 Å². The highest BCUT2D eigenvalue weighted by atomic mass is 35.5. The fraction of sp³-hybridized carbons (Fsp3) is 0.438. The molecule has 1 heterocycles. The molecule has 4 nitrogen and oxygen atoms in total. The third-order valence-electron chi connectivity index (χ3n) is 3.22. The molecule has 0 unspecified atom stereocenters. The van der Waals surface area contributed by atoms with Crippen LogP contribution in [0.4, 0.5) is 0 Å². The van der Waals surface area contributed by atoms with Gasteiger partial charge in [0.05, 0.1) is 18.2 Å². The number of imidazole rings is 1. The van der Waals surface area contributed by atoms with Crippen molar-refractivity contribution in [2.24, 2.45) is 13.0 Å². The number of hydrogen-bond acceptors (Lipinski definition) is 3. The van der Waals surface area contributed by atoms with E-state index in [0.717, 1.165) is 28.6 Å². The Morgan fingerprint density at radius 3 is 2.86 bits per heavy atom. The molecule has 0 fully saturated rings. The molecule has 1 N–H and O–H groups in total. The summed E-state index contributed by atoms with van der Waals surface area (Å²) in [6, 6.07) is 5.76. The molecule has 0 bridgehead atoms. The highest BCUT2D eigenvalue weighted by Crippen LogP contribution is 2.27. The Morgan fingerprint density at radius 2 is 2.19 bits per heavy atom. The summed E-state index contributed by atoms with van der Waals surface area (Å²) >= 11 is 6.30. The predicted octanol–water partition coefficient (Wildman–Crippen LogP) is 3.40. The molecule has 0 spiro atoms. The van der Waals surface area contributed by atoms with E-state index in [4.69, 9.17) is 16.3 Å². The van der Waals surface area contributed by atoms with E-state index in [-0.39, 0.29) is 0 Å². The highest BCUT2D eigenvalue weighted by Gasteiger charge is 2.09. The Balaban J connectivity index is 2.04. The Morgan fingerprint density at radius 1 is 1.38 bits per heavy atom. The van der Waals surface area contributed by atoms with Gasteiger partial charge in [-0.25, -0.2) is 4.98 Å². The maximum Gasteiger partial charge on any atom is 0.130 e. The predicted molar refractivity (Wildman–Crippen MR) is 85.5 cm³/mol. The van der Waals surface area contributed by atoms with Crippen molar-refractivity contribution in [3.05, 3.63) is 47.0 Å². The average molecular weight is 308 g/mol. The molecule has 0 aliphatic carbocycles. The summed E-state index contributed by atoms with van der Waals surface area (Å²) in [5.74, 6) is 1.42. The Labute approximate surface area is 131 Å². The van der Waals surface area contributed by atoms with Crippen LogP contribution in [0.1, 0.15) is 25.1 Å². The molecule has 0 saturated carbocycles. The van der Waals surface area contributed by atoms with E-state index in [1.54, 1.807) is 12.5 Å². The zero-order valence-corrected chi connectivity index (χ0v) is 13.5. The number of aromatic nitrogens is 2. The molecule has 114 valence electrons. The summed E-state index contributed by atoms with van der Waals surface area (Å²) in [5, 5.41) is 4.14. The van der Waals surface area contributed by atoms with Crippen molar-refractivity contribution < 1.29 is 4.74 Å². The van der Waals surface area contributed by atoms with Crippen LogP contribution < -0.4 is 10.1 Å². The fourth-order valence-electron chi connectivity index (χ4n) is 2.01. The smallest absolute Gasteiger partial charge is 0.130 e. The van der Waals surface area contributed by atoms with Crippen LogP contribution in [0.25, 0.3) is 0 Å². The molecule has 0 saturated heterocycles. The quantitative estimate of drug-likeness (QED) is 0.852. The van der Waals surface area contributed by atoms with E-state index >= 15 is 0 Å². The normalized spacial score (nSPS) is 11.1. The van der Waals surface area contributed by atoms with Crippen LogP contribution in [0.2, 0.25) is 5.02 Å². The Hall–Kier alpha value is -1.52. The Bertz CT molecular complexity index is 581. The first kappa shape index (κ1) is 15.9. The third kappa shape index (κ3) is 4.48. The summed E-state index contributed by atoms with van der Waals surface area (Å²) in [7, 11) is 1.95. The number of benzene rings is 1. The van der Waals surface area contributed by atoms with Gasteiger partial charge in [-0.05, 0) is 24.6 Å². The standard InChI is InChI=1S/C16H22ClN3O/c1-12(2)7-18-9-14-15(17)5-4-6-16(14)21-10-13-8-19-11-20(13)3/h4-6,8,11-12,18H,7,9-10H2,1-3H3. The monoisotopic (exact) mass is 307 g/mol. The number of ether oxygens (including phenoxy) is 1. The van der Waals surface area contributed by atoms with E-state index in [0.29, 0.717) is 19.1 Å². The second kappa shape index (κ2) is 7.48. The molecule has 1 aromatic heterocycles. The van der Waals surface area contributed by atoms with Gasteiger partial charge in [0.1, 0.15) is 12.4 Å². The second-order valence-electron chi connectivity index (χ2n) is 5.53. The average Bonchev–Trinajstić information content (AvgIpc) is 2.84. The molecular weight excluding hydrogens is 286 g/mol. The van der Waals surface area contributed by atoms with Crippen molar-refractivity contribution in [1.82, 2.24) is 14.9 Å². The van der Waals surface area contributed by atoms with Gasteiger partial charge in [0, 0.05) is 24.2 Å². The minimum absolute atomic E-state index is 0.480. The van der Waals surface area contributed by atoms with Crippen molar-refractivity contribution in [3.8, 4) is 5.75 Å². The van der Waals surface area contributed by atoms with E-state index in [2.05, 4.69) is 24.1 Å². The van der Waals surface area contributed by atoms with Crippen molar-refractivity contribution in [2.45, 2.75) is 27.0 Å². The fourth-order valence-corrected chi connectivity index (χ4v) is 2.24. The van der Waals surface area contributed by atoms with Gasteiger partial charge in [-0.15, -0.1) is 0 Å². The van der Waals surface area contributed by atoms with Gasteiger partial charge in [0.25, 0.3) is 0 Å². The van der Waals surface area contributed by atoms with E-state index < -0.39 is 0 Å². The van der Waals surface area contributed by atoms with Gasteiger partial charge in [-0.2, -0.15) is 0 Å². The zero-order valence-electron chi connectivity index (χ0n) is 12.8. The Kier molecular flexibility index (Phi) is 5.65. The molecule has 0 atom stereocenters. The second-order valence-corrected chi connectivity index (χ2v) is 5.93. The van der Waals surface area contributed by atoms with Gasteiger partial charge < -0.3 is 14.6 Å². The minimum atomic E-state index is 0.480. The molecule has 2 aromatic rings. The molecule has 0 aliphatic heterocycles. The van der Waals surface area contributed by atoms with Crippen LogP contribution >= 0.6 is 11.6 Å². The molecule has 5 heteroatoms. The lowest BCUT2D eigenvalue weighted by atomic mass is 10.1. The van der Waals surface area contributed by atoms with E-state index in [1.807, 2.05) is 29.8 Å². The van der Waals surface area contributed by atoms with E-state index in [9.17, 15) is 0 Å². The van der Waals surface area contributed by atoms with Crippen LogP contribution in [0.15, 0.2) is 30.7 Å². The molecule has 0 radical (unpaired) electrons. The number of rotatable bonds is 7. The van der Waals surface area contributed by atoms with E-state index in [1.165, 1.54) is 0 Å². The maximum absolute atomic E-state index is 6.30.